The lowest BCUT2D eigenvalue weighted by Crippen LogP contribution is -2.32. The molecule has 1 aliphatic carbocycles. The predicted molar refractivity (Wildman–Crippen MR) is 67.1 cm³/mol. The van der Waals surface area contributed by atoms with Crippen LogP contribution in [0.5, 0.6) is 0 Å². The SMILES string of the molecule is CC(NC(=O)[C@@H]1CC[C@H](C(=O)O)C1)c1nccs1. The molecule has 2 rings (SSSR count). The highest BCUT2D eigenvalue weighted by atomic mass is 32.1. The maximum Gasteiger partial charge on any atom is 0.306 e. The third-order valence-corrected chi connectivity index (χ3v) is 4.29. The zero-order chi connectivity index (χ0) is 13.1. The topological polar surface area (TPSA) is 79.3 Å². The molecule has 18 heavy (non-hydrogen) atoms. The van der Waals surface area contributed by atoms with Gasteiger partial charge in [0.1, 0.15) is 5.01 Å². The van der Waals surface area contributed by atoms with Crippen LogP contribution in [0.1, 0.15) is 37.2 Å². The molecule has 0 radical (unpaired) electrons. The van der Waals surface area contributed by atoms with E-state index in [1.165, 1.54) is 11.3 Å². The number of nitrogens with zero attached hydrogens (tertiary/aromatic N) is 1. The Balaban J connectivity index is 1.87. The number of amides is 1. The van der Waals surface area contributed by atoms with Crippen LogP contribution in [0.15, 0.2) is 11.6 Å². The zero-order valence-electron chi connectivity index (χ0n) is 10.1. The summed E-state index contributed by atoms with van der Waals surface area (Å²) in [5.41, 5.74) is 0. The van der Waals surface area contributed by atoms with E-state index in [1.807, 2.05) is 12.3 Å². The maximum absolute atomic E-state index is 12.0. The third kappa shape index (κ3) is 2.87. The molecule has 0 saturated heterocycles. The van der Waals surface area contributed by atoms with Crippen LogP contribution >= 0.6 is 11.3 Å². The molecule has 98 valence electrons. The van der Waals surface area contributed by atoms with E-state index in [-0.39, 0.29) is 23.8 Å². The van der Waals surface area contributed by atoms with E-state index in [2.05, 4.69) is 10.3 Å². The molecule has 2 N–H and O–H groups in total. The monoisotopic (exact) mass is 268 g/mol. The smallest absolute Gasteiger partial charge is 0.306 e. The van der Waals surface area contributed by atoms with Gasteiger partial charge >= 0.3 is 5.97 Å². The summed E-state index contributed by atoms with van der Waals surface area (Å²) in [6.07, 6.45) is 3.41. The van der Waals surface area contributed by atoms with Crippen molar-refractivity contribution in [3.8, 4) is 0 Å². The van der Waals surface area contributed by atoms with Gasteiger partial charge in [0, 0.05) is 17.5 Å². The first-order valence-corrected chi connectivity index (χ1v) is 6.88. The first-order valence-electron chi connectivity index (χ1n) is 6.00. The van der Waals surface area contributed by atoms with E-state index in [9.17, 15) is 9.59 Å². The summed E-state index contributed by atoms with van der Waals surface area (Å²) >= 11 is 1.50. The third-order valence-electron chi connectivity index (χ3n) is 3.33. The Kier molecular flexibility index (Phi) is 3.96. The molecular formula is C12H16N2O3S. The van der Waals surface area contributed by atoms with Crippen LogP contribution in [-0.2, 0) is 9.59 Å². The van der Waals surface area contributed by atoms with Gasteiger partial charge < -0.3 is 10.4 Å². The predicted octanol–water partition coefficient (Wildman–Crippen LogP) is 1.82. The van der Waals surface area contributed by atoms with Crippen molar-refractivity contribution in [1.82, 2.24) is 10.3 Å². The average molecular weight is 268 g/mol. The Morgan fingerprint density at radius 1 is 1.50 bits per heavy atom. The molecule has 6 heteroatoms. The number of nitrogens with one attached hydrogen (secondary N) is 1. The second-order valence-electron chi connectivity index (χ2n) is 4.65. The van der Waals surface area contributed by atoms with Crippen molar-refractivity contribution >= 4 is 23.2 Å². The Morgan fingerprint density at radius 3 is 2.78 bits per heavy atom. The van der Waals surface area contributed by atoms with Gasteiger partial charge in [0.2, 0.25) is 5.91 Å². The van der Waals surface area contributed by atoms with Crippen molar-refractivity contribution in [3.63, 3.8) is 0 Å². The maximum atomic E-state index is 12.0. The van der Waals surface area contributed by atoms with Crippen molar-refractivity contribution in [2.45, 2.75) is 32.2 Å². The Morgan fingerprint density at radius 2 is 2.22 bits per heavy atom. The summed E-state index contributed by atoms with van der Waals surface area (Å²) < 4.78 is 0. The molecule has 1 aromatic heterocycles. The fourth-order valence-electron chi connectivity index (χ4n) is 2.29. The van der Waals surface area contributed by atoms with E-state index >= 15 is 0 Å². The van der Waals surface area contributed by atoms with Gasteiger partial charge in [-0.25, -0.2) is 4.98 Å². The number of aliphatic carboxylic acids is 1. The molecule has 0 bridgehead atoms. The number of carboxylic acids is 1. The van der Waals surface area contributed by atoms with Crippen molar-refractivity contribution < 1.29 is 14.7 Å². The highest BCUT2D eigenvalue weighted by Crippen LogP contribution is 2.31. The fraction of sp³-hybridized carbons (Fsp3) is 0.583. The molecule has 1 unspecified atom stereocenters. The number of carbonyl (C=O) groups excluding carboxylic acids is 1. The molecule has 1 amide bonds. The van der Waals surface area contributed by atoms with Crippen molar-refractivity contribution in [3.05, 3.63) is 16.6 Å². The van der Waals surface area contributed by atoms with Gasteiger partial charge in [-0.3, -0.25) is 9.59 Å². The molecule has 1 aromatic rings. The van der Waals surface area contributed by atoms with Crippen molar-refractivity contribution in [2.75, 3.05) is 0 Å². The van der Waals surface area contributed by atoms with Gasteiger partial charge in [-0.15, -0.1) is 11.3 Å². The first kappa shape index (κ1) is 13.0. The van der Waals surface area contributed by atoms with Crippen LogP contribution in [0.4, 0.5) is 0 Å². The lowest BCUT2D eigenvalue weighted by molar-refractivity contribution is -0.141. The highest BCUT2D eigenvalue weighted by molar-refractivity contribution is 7.09. The second-order valence-corrected chi connectivity index (χ2v) is 5.57. The normalized spacial score (nSPS) is 24.7. The molecule has 3 atom stereocenters. The summed E-state index contributed by atoms with van der Waals surface area (Å²) in [6, 6.07) is -0.110. The van der Waals surface area contributed by atoms with Crippen LogP contribution in [0.3, 0.4) is 0 Å². The second kappa shape index (κ2) is 5.48. The molecule has 0 aliphatic heterocycles. The number of hydrogen-bond acceptors (Lipinski definition) is 4. The molecule has 0 aromatic carbocycles. The van der Waals surface area contributed by atoms with E-state index in [0.717, 1.165) is 5.01 Å². The van der Waals surface area contributed by atoms with Crippen LogP contribution in [0.2, 0.25) is 0 Å². The minimum atomic E-state index is -0.793. The molecule has 0 spiro atoms. The summed E-state index contributed by atoms with van der Waals surface area (Å²) in [6.45, 7) is 1.89. The zero-order valence-corrected chi connectivity index (χ0v) is 10.9. The summed E-state index contributed by atoms with van der Waals surface area (Å²) in [7, 11) is 0. The molecule has 1 aliphatic rings. The number of thiazole rings is 1. The standard InChI is InChI=1S/C12H16N2O3S/c1-7(11-13-4-5-18-11)14-10(15)8-2-3-9(6-8)12(16)17/h4-5,7-9H,2-3,6H2,1H3,(H,14,15)(H,16,17)/t7?,8-,9+/m1/s1. The molecule has 5 nitrogen and oxygen atoms in total. The minimum absolute atomic E-state index is 0.0542. The van der Waals surface area contributed by atoms with Crippen molar-refractivity contribution in [2.24, 2.45) is 11.8 Å². The Labute approximate surface area is 109 Å². The van der Waals surface area contributed by atoms with E-state index in [4.69, 9.17) is 5.11 Å². The summed E-state index contributed by atoms with van der Waals surface area (Å²) in [5.74, 6) is -1.39. The number of carboxylic acid groups (broad SMARTS) is 1. The van der Waals surface area contributed by atoms with Gasteiger partial charge in [0.05, 0.1) is 12.0 Å². The molecular weight excluding hydrogens is 252 g/mol. The first-order chi connectivity index (χ1) is 8.58. The van der Waals surface area contributed by atoms with Crippen LogP contribution in [0, 0.1) is 11.8 Å². The largest absolute Gasteiger partial charge is 0.481 e. The molecule has 1 fully saturated rings. The van der Waals surface area contributed by atoms with Gasteiger partial charge in [0.15, 0.2) is 0 Å². The summed E-state index contributed by atoms with van der Waals surface area (Å²) in [5, 5.41) is 14.5. The number of rotatable bonds is 4. The van der Waals surface area contributed by atoms with E-state index in [0.29, 0.717) is 19.3 Å². The Hall–Kier alpha value is -1.43. The minimum Gasteiger partial charge on any atom is -0.481 e. The lowest BCUT2D eigenvalue weighted by Gasteiger charge is -2.15. The number of hydrogen-bond donors (Lipinski definition) is 2. The number of carbonyl (C=O) groups is 2. The van der Waals surface area contributed by atoms with Gasteiger partial charge in [-0.2, -0.15) is 0 Å². The van der Waals surface area contributed by atoms with Gasteiger partial charge in [-0.05, 0) is 26.2 Å². The fourth-order valence-corrected chi connectivity index (χ4v) is 2.93. The average Bonchev–Trinajstić information content (AvgIpc) is 3.00. The van der Waals surface area contributed by atoms with Crippen LogP contribution < -0.4 is 5.32 Å². The lowest BCUT2D eigenvalue weighted by atomic mass is 10.0. The van der Waals surface area contributed by atoms with Gasteiger partial charge in [0.25, 0.3) is 0 Å². The van der Waals surface area contributed by atoms with Gasteiger partial charge in [-0.1, -0.05) is 0 Å². The summed E-state index contributed by atoms with van der Waals surface area (Å²) in [4.78, 5) is 27.0. The van der Waals surface area contributed by atoms with Crippen LogP contribution in [-0.4, -0.2) is 22.0 Å². The van der Waals surface area contributed by atoms with E-state index < -0.39 is 5.97 Å². The highest BCUT2D eigenvalue weighted by Gasteiger charge is 2.34. The Bertz CT molecular complexity index is 433. The van der Waals surface area contributed by atoms with Crippen molar-refractivity contribution in [1.29, 1.82) is 0 Å². The van der Waals surface area contributed by atoms with E-state index in [1.54, 1.807) is 6.20 Å². The molecule has 1 saturated carbocycles. The quantitative estimate of drug-likeness (QED) is 0.873. The number of aromatic nitrogens is 1. The van der Waals surface area contributed by atoms with Crippen LogP contribution in [0.25, 0.3) is 0 Å². The molecule has 1 heterocycles.